The van der Waals surface area contributed by atoms with E-state index in [2.05, 4.69) is 57.8 Å². The zero-order valence-electron chi connectivity index (χ0n) is 11.8. The van der Waals surface area contributed by atoms with E-state index in [0.29, 0.717) is 5.92 Å². The van der Waals surface area contributed by atoms with Crippen LogP contribution in [0.2, 0.25) is 0 Å². The molecule has 4 nitrogen and oxygen atoms in total. The summed E-state index contributed by atoms with van der Waals surface area (Å²) in [6, 6.07) is 2.16. The lowest BCUT2D eigenvalue weighted by molar-refractivity contribution is 0.772. The van der Waals surface area contributed by atoms with Gasteiger partial charge in [0.05, 0.1) is 5.69 Å². The molecule has 0 unspecified atom stereocenters. The normalized spacial score (nSPS) is 11.4. The number of hydrogen-bond acceptors (Lipinski definition) is 3. The molecule has 0 saturated carbocycles. The van der Waals surface area contributed by atoms with Crippen molar-refractivity contribution in [3.05, 3.63) is 24.2 Å². The van der Waals surface area contributed by atoms with Crippen LogP contribution >= 0.6 is 15.9 Å². The minimum atomic E-state index is 0.436. The maximum atomic E-state index is 4.61. The fourth-order valence-electron chi connectivity index (χ4n) is 2.12. The zero-order chi connectivity index (χ0) is 13.8. The summed E-state index contributed by atoms with van der Waals surface area (Å²) in [4.78, 5) is 6.86. The van der Waals surface area contributed by atoms with E-state index in [1.807, 2.05) is 16.9 Å². The number of anilines is 1. The van der Waals surface area contributed by atoms with Gasteiger partial charge in [-0.05, 0) is 25.3 Å². The molecule has 2 heterocycles. The van der Waals surface area contributed by atoms with Crippen molar-refractivity contribution in [2.45, 2.75) is 33.1 Å². The molecule has 0 aliphatic heterocycles. The van der Waals surface area contributed by atoms with E-state index in [4.69, 9.17) is 0 Å². The Morgan fingerprint density at radius 1 is 1.42 bits per heavy atom. The molecule has 2 aromatic rings. The molecule has 5 heteroatoms. The number of rotatable bonds is 6. The number of nitrogens with zero attached hydrogens (tertiary/aromatic N) is 4. The number of fused-ring (bicyclic) bond motifs is 1. The van der Waals surface area contributed by atoms with Crippen molar-refractivity contribution in [2.75, 3.05) is 23.3 Å². The smallest absolute Gasteiger partial charge is 0.154 e. The number of halogens is 1. The van der Waals surface area contributed by atoms with E-state index < -0.39 is 0 Å². The Balaban J connectivity index is 2.41. The van der Waals surface area contributed by atoms with Gasteiger partial charge < -0.3 is 4.90 Å². The predicted molar refractivity (Wildman–Crippen MR) is 83.4 cm³/mol. The molecule has 0 amide bonds. The van der Waals surface area contributed by atoms with Gasteiger partial charge in [0.25, 0.3) is 0 Å². The van der Waals surface area contributed by atoms with Gasteiger partial charge in [-0.3, -0.25) is 0 Å². The number of alkyl halides is 1. The highest BCUT2D eigenvalue weighted by Gasteiger charge is 2.13. The first kappa shape index (κ1) is 14.3. The van der Waals surface area contributed by atoms with Gasteiger partial charge in [-0.1, -0.05) is 29.8 Å². The monoisotopic (exact) mass is 324 g/mol. The van der Waals surface area contributed by atoms with Crippen molar-refractivity contribution >= 4 is 27.3 Å². The largest absolute Gasteiger partial charge is 0.355 e. The van der Waals surface area contributed by atoms with E-state index in [1.54, 1.807) is 0 Å². The van der Waals surface area contributed by atoms with Crippen molar-refractivity contribution in [1.29, 1.82) is 0 Å². The van der Waals surface area contributed by atoms with Gasteiger partial charge in [0.1, 0.15) is 5.52 Å². The van der Waals surface area contributed by atoms with Gasteiger partial charge >= 0.3 is 0 Å². The summed E-state index contributed by atoms with van der Waals surface area (Å²) in [5.74, 6) is 1.47. The average molecular weight is 325 g/mol. The van der Waals surface area contributed by atoms with Gasteiger partial charge in [0.15, 0.2) is 5.82 Å². The summed E-state index contributed by atoms with van der Waals surface area (Å²) in [5.41, 5.74) is 2.22. The summed E-state index contributed by atoms with van der Waals surface area (Å²) in [6.07, 6.45) is 4.86. The maximum absolute atomic E-state index is 4.61. The van der Waals surface area contributed by atoms with Crippen LogP contribution in [0, 0.1) is 0 Å². The molecule has 2 rings (SSSR count). The van der Waals surface area contributed by atoms with Crippen LogP contribution in [0.25, 0.3) is 5.52 Å². The first-order chi connectivity index (χ1) is 9.17. The van der Waals surface area contributed by atoms with E-state index in [9.17, 15) is 0 Å². The SMILES string of the molecule is CCN(CCCBr)c1nccn2nc(C(C)C)cc12. The van der Waals surface area contributed by atoms with Gasteiger partial charge in [0.2, 0.25) is 0 Å². The molecular formula is C14H21BrN4. The third kappa shape index (κ3) is 3.08. The molecule has 0 radical (unpaired) electrons. The second-order valence-corrected chi connectivity index (χ2v) is 5.72. The second-order valence-electron chi connectivity index (χ2n) is 4.93. The molecule has 0 aliphatic carbocycles. The molecule has 0 aliphatic rings. The minimum absolute atomic E-state index is 0.436. The summed E-state index contributed by atoms with van der Waals surface area (Å²) >= 11 is 3.49. The quantitative estimate of drug-likeness (QED) is 0.763. The minimum Gasteiger partial charge on any atom is -0.355 e. The lowest BCUT2D eigenvalue weighted by Gasteiger charge is -2.21. The fraction of sp³-hybridized carbons (Fsp3) is 0.571. The predicted octanol–water partition coefficient (Wildman–Crippen LogP) is 3.46. The highest BCUT2D eigenvalue weighted by atomic mass is 79.9. The lowest BCUT2D eigenvalue weighted by Crippen LogP contribution is -2.25. The van der Waals surface area contributed by atoms with Gasteiger partial charge in [-0.15, -0.1) is 0 Å². The highest BCUT2D eigenvalue weighted by Crippen LogP contribution is 2.22. The van der Waals surface area contributed by atoms with Crippen molar-refractivity contribution in [1.82, 2.24) is 14.6 Å². The van der Waals surface area contributed by atoms with Gasteiger partial charge in [0, 0.05) is 30.8 Å². The molecule has 2 aromatic heterocycles. The van der Waals surface area contributed by atoms with E-state index >= 15 is 0 Å². The van der Waals surface area contributed by atoms with Crippen LogP contribution in [0.1, 0.15) is 38.8 Å². The zero-order valence-corrected chi connectivity index (χ0v) is 13.4. The van der Waals surface area contributed by atoms with Crippen molar-refractivity contribution in [3.63, 3.8) is 0 Å². The van der Waals surface area contributed by atoms with Gasteiger partial charge in [-0.2, -0.15) is 5.10 Å². The molecule has 0 fully saturated rings. The Bertz CT molecular complexity index is 535. The molecule has 0 N–H and O–H groups in total. The molecule has 0 spiro atoms. The Labute approximate surface area is 123 Å². The van der Waals surface area contributed by atoms with Crippen LogP contribution in [-0.4, -0.2) is 33.0 Å². The molecule has 0 atom stereocenters. The first-order valence-electron chi connectivity index (χ1n) is 6.82. The average Bonchev–Trinajstić information content (AvgIpc) is 2.84. The third-order valence-corrected chi connectivity index (χ3v) is 3.78. The lowest BCUT2D eigenvalue weighted by atomic mass is 10.1. The molecule has 104 valence electrons. The van der Waals surface area contributed by atoms with Crippen molar-refractivity contribution in [3.8, 4) is 0 Å². The summed E-state index contributed by atoms with van der Waals surface area (Å²) < 4.78 is 1.94. The molecule has 0 saturated heterocycles. The van der Waals surface area contributed by atoms with Crippen molar-refractivity contribution in [2.24, 2.45) is 0 Å². The fourth-order valence-corrected chi connectivity index (χ4v) is 2.37. The van der Waals surface area contributed by atoms with E-state index in [-0.39, 0.29) is 0 Å². The van der Waals surface area contributed by atoms with Crippen LogP contribution in [0.15, 0.2) is 18.5 Å². The number of hydrogen-bond donors (Lipinski definition) is 0. The topological polar surface area (TPSA) is 33.4 Å². The molecular weight excluding hydrogens is 304 g/mol. The molecule has 0 bridgehead atoms. The third-order valence-electron chi connectivity index (χ3n) is 3.22. The van der Waals surface area contributed by atoms with Crippen LogP contribution < -0.4 is 4.90 Å². The summed E-state index contributed by atoms with van der Waals surface area (Å²) in [5, 5.41) is 5.63. The molecule has 19 heavy (non-hydrogen) atoms. The van der Waals surface area contributed by atoms with Crippen LogP contribution in [-0.2, 0) is 0 Å². The van der Waals surface area contributed by atoms with Crippen LogP contribution in [0.3, 0.4) is 0 Å². The Kier molecular flexibility index (Phi) is 4.80. The first-order valence-corrected chi connectivity index (χ1v) is 7.94. The summed E-state index contributed by atoms with van der Waals surface area (Å²) in [6.45, 7) is 8.46. The van der Waals surface area contributed by atoms with Crippen LogP contribution in [0.5, 0.6) is 0 Å². The maximum Gasteiger partial charge on any atom is 0.154 e. The highest BCUT2D eigenvalue weighted by molar-refractivity contribution is 9.09. The Morgan fingerprint density at radius 2 is 2.21 bits per heavy atom. The van der Waals surface area contributed by atoms with Crippen LogP contribution in [0.4, 0.5) is 5.82 Å². The molecule has 0 aromatic carbocycles. The van der Waals surface area contributed by atoms with E-state index in [1.165, 1.54) is 0 Å². The second kappa shape index (κ2) is 6.37. The Morgan fingerprint density at radius 3 is 2.84 bits per heavy atom. The van der Waals surface area contributed by atoms with Crippen molar-refractivity contribution < 1.29 is 0 Å². The van der Waals surface area contributed by atoms with E-state index in [0.717, 1.165) is 41.9 Å². The summed E-state index contributed by atoms with van der Waals surface area (Å²) in [7, 11) is 0. The Hall–Kier alpha value is -1.10. The number of aromatic nitrogens is 3. The van der Waals surface area contributed by atoms with Gasteiger partial charge in [-0.25, -0.2) is 9.50 Å². The standard InChI is InChI=1S/C14H21BrN4/c1-4-18(8-5-6-15)14-13-10-12(11(2)3)17-19(13)9-7-16-14/h7,9-11H,4-6,8H2,1-3H3.